The van der Waals surface area contributed by atoms with Crippen molar-refractivity contribution in [3.63, 3.8) is 0 Å². The zero-order valence-electron chi connectivity index (χ0n) is 20.7. The summed E-state index contributed by atoms with van der Waals surface area (Å²) in [7, 11) is -1.97. The van der Waals surface area contributed by atoms with Gasteiger partial charge in [0.1, 0.15) is 0 Å². The number of hydrogen-bond donors (Lipinski definition) is 3. The lowest BCUT2D eigenvalue weighted by molar-refractivity contribution is -0.115. The number of carbonyl (C=O) groups is 2. The van der Waals surface area contributed by atoms with Crippen LogP contribution in [0.15, 0.2) is 85.2 Å². The van der Waals surface area contributed by atoms with E-state index in [9.17, 15) is 18.0 Å². The fourth-order valence-electron chi connectivity index (χ4n) is 4.25. The molecular formula is C28H25N5O4S. The zero-order chi connectivity index (χ0) is 26.9. The first kappa shape index (κ1) is 25.0. The number of sulfonamides is 1. The predicted molar refractivity (Wildman–Crippen MR) is 149 cm³/mol. The molecule has 0 radical (unpaired) electrons. The minimum absolute atomic E-state index is 0.183. The van der Waals surface area contributed by atoms with E-state index in [0.717, 1.165) is 17.4 Å². The molecule has 1 aliphatic rings. The normalized spacial score (nSPS) is 12.3. The van der Waals surface area contributed by atoms with Crippen LogP contribution in [0.4, 0.5) is 28.4 Å². The summed E-state index contributed by atoms with van der Waals surface area (Å²) in [5, 5.41) is 9.09. The van der Waals surface area contributed by atoms with Crippen molar-refractivity contribution in [2.45, 2.75) is 6.42 Å². The predicted octanol–water partition coefficient (Wildman–Crippen LogP) is 4.63. The molecule has 2 amide bonds. The molecule has 38 heavy (non-hydrogen) atoms. The smallest absolute Gasteiger partial charge is 0.257 e. The van der Waals surface area contributed by atoms with Gasteiger partial charge in [-0.1, -0.05) is 30.3 Å². The molecular weight excluding hydrogens is 502 g/mol. The highest BCUT2D eigenvalue weighted by molar-refractivity contribution is 7.92. The second-order valence-electron chi connectivity index (χ2n) is 8.93. The fraction of sp³-hybridized carbons (Fsp3) is 0.107. The Morgan fingerprint density at radius 2 is 1.74 bits per heavy atom. The van der Waals surface area contributed by atoms with E-state index in [1.165, 1.54) is 11.4 Å². The van der Waals surface area contributed by atoms with E-state index in [1.807, 2.05) is 24.3 Å². The van der Waals surface area contributed by atoms with Gasteiger partial charge in [0.15, 0.2) is 0 Å². The highest BCUT2D eigenvalue weighted by Crippen LogP contribution is 2.38. The van der Waals surface area contributed by atoms with Crippen molar-refractivity contribution in [3.8, 4) is 11.1 Å². The third-order valence-corrected chi connectivity index (χ3v) is 7.42. The number of fused-ring (bicyclic) bond motifs is 2. The largest absolute Gasteiger partial charge is 0.353 e. The van der Waals surface area contributed by atoms with Crippen LogP contribution in [-0.2, 0) is 21.2 Å². The molecule has 3 N–H and O–H groups in total. The molecule has 10 heteroatoms. The molecule has 0 unspecified atom stereocenters. The third-order valence-electron chi connectivity index (χ3n) is 6.22. The Morgan fingerprint density at radius 3 is 2.50 bits per heavy atom. The van der Waals surface area contributed by atoms with Crippen LogP contribution >= 0.6 is 0 Å². The number of para-hydroxylation sites is 1. The number of nitrogens with zero attached hydrogens (tertiary/aromatic N) is 2. The lowest BCUT2D eigenvalue weighted by Crippen LogP contribution is -2.25. The maximum atomic E-state index is 13.0. The molecule has 0 spiro atoms. The molecule has 3 aromatic carbocycles. The molecule has 0 fully saturated rings. The number of hydrogen-bond acceptors (Lipinski definition) is 6. The van der Waals surface area contributed by atoms with Crippen molar-refractivity contribution >= 4 is 50.3 Å². The minimum atomic E-state index is -3.48. The Labute approximate surface area is 220 Å². The molecule has 4 aromatic rings. The summed E-state index contributed by atoms with van der Waals surface area (Å²) in [5.74, 6) is -0.474. The maximum Gasteiger partial charge on any atom is 0.257 e. The van der Waals surface area contributed by atoms with Gasteiger partial charge in [0.2, 0.25) is 15.9 Å². The Kier molecular flexibility index (Phi) is 6.56. The molecule has 2 heterocycles. The van der Waals surface area contributed by atoms with Crippen molar-refractivity contribution < 1.29 is 18.0 Å². The Bertz CT molecular complexity index is 1660. The molecule has 0 atom stereocenters. The average Bonchev–Trinajstić information content (AvgIpc) is 3.03. The molecule has 5 rings (SSSR count). The first-order valence-corrected chi connectivity index (χ1v) is 13.6. The number of rotatable bonds is 6. The number of pyridine rings is 1. The summed E-state index contributed by atoms with van der Waals surface area (Å²) in [6, 6.07) is 21.3. The maximum absolute atomic E-state index is 13.0. The Morgan fingerprint density at radius 1 is 0.921 bits per heavy atom. The van der Waals surface area contributed by atoms with Gasteiger partial charge in [0.05, 0.1) is 41.0 Å². The van der Waals surface area contributed by atoms with E-state index >= 15 is 0 Å². The average molecular weight is 528 g/mol. The quantitative estimate of drug-likeness (QED) is 0.336. The summed E-state index contributed by atoms with van der Waals surface area (Å²) >= 11 is 0. The standard InChI is InChI=1S/C28H25N5O4S/c1-33(38(2,36)37)26-8-4-3-7-21(26)19-9-11-22-24(15-19)31-25-16-20(10-12-23(25)32-28(22)35)30-27(34)14-18-6-5-13-29-17-18/h3-13,15-17,31H,14H2,1-2H3,(H,30,34)(H,32,35). The van der Waals surface area contributed by atoms with Crippen molar-refractivity contribution in [2.24, 2.45) is 0 Å². The Hall–Kier alpha value is -4.70. The van der Waals surface area contributed by atoms with Crippen molar-refractivity contribution in [1.29, 1.82) is 0 Å². The molecule has 0 bridgehead atoms. The summed E-state index contributed by atoms with van der Waals surface area (Å²) in [5.41, 5.74) is 5.48. The molecule has 192 valence electrons. The van der Waals surface area contributed by atoms with Crippen molar-refractivity contribution in [2.75, 3.05) is 33.6 Å². The highest BCUT2D eigenvalue weighted by atomic mass is 32.2. The SMILES string of the molecule is CN(c1ccccc1-c1ccc2c(c1)Nc1cc(NC(=O)Cc3cccnc3)ccc1NC2=O)S(C)(=O)=O. The number of benzene rings is 3. The van der Waals surface area contributed by atoms with Crippen LogP contribution in [0.2, 0.25) is 0 Å². The second kappa shape index (κ2) is 9.98. The van der Waals surface area contributed by atoms with E-state index in [0.29, 0.717) is 39.6 Å². The topological polar surface area (TPSA) is 120 Å². The Balaban J connectivity index is 1.46. The number of nitrogens with one attached hydrogen (secondary N) is 3. The second-order valence-corrected chi connectivity index (χ2v) is 10.9. The number of amides is 2. The minimum Gasteiger partial charge on any atom is -0.353 e. The lowest BCUT2D eigenvalue weighted by Gasteiger charge is -2.21. The van der Waals surface area contributed by atoms with Gasteiger partial charge in [0, 0.05) is 30.7 Å². The van der Waals surface area contributed by atoms with Crippen LogP contribution < -0.4 is 20.3 Å². The summed E-state index contributed by atoms with van der Waals surface area (Å²) in [6.07, 6.45) is 4.63. The van der Waals surface area contributed by atoms with Crippen LogP contribution in [0.1, 0.15) is 15.9 Å². The fourth-order valence-corrected chi connectivity index (χ4v) is 4.76. The van der Waals surface area contributed by atoms with Crippen molar-refractivity contribution in [1.82, 2.24) is 4.98 Å². The summed E-state index contributed by atoms with van der Waals surface area (Å²) in [6.45, 7) is 0. The van der Waals surface area contributed by atoms with Gasteiger partial charge in [-0.2, -0.15) is 0 Å². The number of carbonyl (C=O) groups excluding carboxylic acids is 2. The van der Waals surface area contributed by atoms with Crippen LogP contribution in [-0.4, -0.2) is 38.5 Å². The lowest BCUT2D eigenvalue weighted by atomic mass is 10.0. The van der Waals surface area contributed by atoms with Crippen LogP contribution in [0.5, 0.6) is 0 Å². The van der Waals surface area contributed by atoms with E-state index in [2.05, 4.69) is 20.9 Å². The van der Waals surface area contributed by atoms with Gasteiger partial charge in [-0.25, -0.2) is 8.42 Å². The number of aromatic nitrogens is 1. The monoisotopic (exact) mass is 527 g/mol. The summed E-state index contributed by atoms with van der Waals surface area (Å²) in [4.78, 5) is 29.6. The van der Waals surface area contributed by atoms with E-state index < -0.39 is 10.0 Å². The summed E-state index contributed by atoms with van der Waals surface area (Å²) < 4.78 is 25.7. The van der Waals surface area contributed by atoms with Gasteiger partial charge in [0.25, 0.3) is 5.91 Å². The van der Waals surface area contributed by atoms with Gasteiger partial charge < -0.3 is 16.0 Å². The van der Waals surface area contributed by atoms with E-state index in [1.54, 1.807) is 60.9 Å². The molecule has 0 aliphatic carbocycles. The zero-order valence-corrected chi connectivity index (χ0v) is 21.5. The van der Waals surface area contributed by atoms with Crippen LogP contribution in [0.25, 0.3) is 11.1 Å². The van der Waals surface area contributed by atoms with E-state index in [-0.39, 0.29) is 18.2 Å². The van der Waals surface area contributed by atoms with Gasteiger partial charge in [-0.15, -0.1) is 0 Å². The third kappa shape index (κ3) is 5.21. The van der Waals surface area contributed by atoms with Gasteiger partial charge in [-0.05, 0) is 53.6 Å². The van der Waals surface area contributed by atoms with Gasteiger partial charge in [-0.3, -0.25) is 18.9 Å². The van der Waals surface area contributed by atoms with Crippen LogP contribution in [0.3, 0.4) is 0 Å². The first-order valence-electron chi connectivity index (χ1n) is 11.8. The van der Waals surface area contributed by atoms with Crippen LogP contribution in [0, 0.1) is 0 Å². The van der Waals surface area contributed by atoms with Crippen molar-refractivity contribution in [3.05, 3.63) is 96.3 Å². The molecule has 1 aliphatic heterocycles. The first-order chi connectivity index (χ1) is 18.2. The highest BCUT2D eigenvalue weighted by Gasteiger charge is 2.22. The molecule has 0 saturated carbocycles. The number of anilines is 5. The van der Waals surface area contributed by atoms with E-state index in [4.69, 9.17) is 0 Å². The van der Waals surface area contributed by atoms with Gasteiger partial charge >= 0.3 is 0 Å². The molecule has 1 aromatic heterocycles. The molecule has 9 nitrogen and oxygen atoms in total. The molecule has 0 saturated heterocycles.